The number of carbonyl (C=O) groups excluding carboxylic acids is 2. The number of carbonyl (C=O) groups is 2. The van der Waals surface area contributed by atoms with Gasteiger partial charge in [-0.05, 0) is 37.4 Å². The molecule has 1 fully saturated rings. The molecule has 1 aromatic rings. The predicted molar refractivity (Wildman–Crippen MR) is 104 cm³/mol. The summed E-state index contributed by atoms with van der Waals surface area (Å²) in [6.45, 7) is 2.76. The number of benzene rings is 1. The zero-order valence-corrected chi connectivity index (χ0v) is 16.8. The summed E-state index contributed by atoms with van der Waals surface area (Å²) < 4.78 is 37.3. The van der Waals surface area contributed by atoms with Crippen molar-refractivity contribution in [2.75, 3.05) is 42.6 Å². The second kappa shape index (κ2) is 8.57. The van der Waals surface area contributed by atoms with Gasteiger partial charge in [0, 0.05) is 12.6 Å². The van der Waals surface area contributed by atoms with E-state index < -0.39 is 15.7 Å². The molecule has 0 radical (unpaired) electrons. The van der Waals surface area contributed by atoms with Crippen LogP contribution in [0.2, 0.25) is 0 Å². The average molecular weight is 411 g/mol. The van der Waals surface area contributed by atoms with Crippen molar-refractivity contribution in [2.45, 2.75) is 32.2 Å². The summed E-state index contributed by atoms with van der Waals surface area (Å²) in [5.41, 5.74) is 1.17. The monoisotopic (exact) mass is 411 g/mol. The van der Waals surface area contributed by atoms with Gasteiger partial charge in [-0.15, -0.1) is 0 Å². The molecule has 1 aromatic carbocycles. The third-order valence-corrected chi connectivity index (χ3v) is 7.01. The van der Waals surface area contributed by atoms with Crippen molar-refractivity contribution in [3.05, 3.63) is 29.6 Å². The van der Waals surface area contributed by atoms with Crippen LogP contribution in [0.5, 0.6) is 0 Å². The van der Waals surface area contributed by atoms with Crippen molar-refractivity contribution in [1.29, 1.82) is 0 Å². The van der Waals surface area contributed by atoms with Gasteiger partial charge in [0.05, 0.1) is 30.3 Å². The molecule has 154 valence electrons. The predicted octanol–water partition coefficient (Wildman–Crippen LogP) is 0.730. The van der Waals surface area contributed by atoms with Crippen LogP contribution in [0.4, 0.5) is 10.1 Å². The number of hydrogen-bond acceptors (Lipinski definition) is 5. The molecule has 2 heterocycles. The van der Waals surface area contributed by atoms with E-state index in [1.165, 1.54) is 11.0 Å². The molecule has 0 aliphatic carbocycles. The smallest absolute Gasteiger partial charge is 0.241 e. The normalized spacial score (nSPS) is 20.8. The lowest BCUT2D eigenvalue weighted by atomic mass is 10.0. The molecule has 7 nitrogen and oxygen atoms in total. The van der Waals surface area contributed by atoms with E-state index in [-0.39, 0.29) is 42.5 Å². The van der Waals surface area contributed by atoms with Crippen LogP contribution in [-0.4, -0.2) is 68.9 Å². The van der Waals surface area contributed by atoms with E-state index in [1.807, 2.05) is 13.0 Å². The van der Waals surface area contributed by atoms with Gasteiger partial charge in [-0.1, -0.05) is 19.1 Å². The number of rotatable bonds is 6. The number of likely N-dealkylation sites (N-methyl/N-ethyl adjacent to an activating group) is 1. The molecule has 1 N–H and O–H groups in total. The van der Waals surface area contributed by atoms with Gasteiger partial charge in [0.2, 0.25) is 11.8 Å². The maximum Gasteiger partial charge on any atom is 0.241 e. The molecule has 3 rings (SSSR count). The van der Waals surface area contributed by atoms with Crippen LogP contribution >= 0.6 is 0 Å². The fraction of sp³-hybridized carbons (Fsp3) is 0.579. The summed E-state index contributed by atoms with van der Waals surface area (Å²) in [7, 11) is -3.07. The number of halogens is 1. The van der Waals surface area contributed by atoms with Gasteiger partial charge in [0.1, 0.15) is 5.82 Å². The van der Waals surface area contributed by atoms with Crippen molar-refractivity contribution in [2.24, 2.45) is 0 Å². The number of amides is 2. The molecule has 0 unspecified atom stereocenters. The number of nitrogens with one attached hydrogen (secondary N) is 1. The summed E-state index contributed by atoms with van der Waals surface area (Å²) in [6, 6.07) is 4.47. The minimum Gasteiger partial charge on any atom is -0.351 e. The summed E-state index contributed by atoms with van der Waals surface area (Å²) >= 11 is 0. The molecule has 9 heteroatoms. The maximum absolute atomic E-state index is 14.3. The fourth-order valence-corrected chi connectivity index (χ4v) is 5.47. The minimum absolute atomic E-state index is 0.000654. The molecular weight excluding hydrogens is 385 g/mol. The van der Waals surface area contributed by atoms with Crippen molar-refractivity contribution in [1.82, 2.24) is 10.2 Å². The highest BCUT2D eigenvalue weighted by Crippen LogP contribution is 2.30. The molecule has 2 aliphatic rings. The van der Waals surface area contributed by atoms with Gasteiger partial charge in [-0.3, -0.25) is 14.5 Å². The Morgan fingerprint density at radius 2 is 2.11 bits per heavy atom. The van der Waals surface area contributed by atoms with Crippen LogP contribution in [0.25, 0.3) is 0 Å². The highest BCUT2D eigenvalue weighted by atomic mass is 32.2. The Balaban J connectivity index is 1.59. The van der Waals surface area contributed by atoms with Gasteiger partial charge in [-0.25, -0.2) is 12.8 Å². The first-order valence-corrected chi connectivity index (χ1v) is 11.4. The third kappa shape index (κ3) is 4.88. The summed E-state index contributed by atoms with van der Waals surface area (Å²) in [5.74, 6) is -0.901. The lowest BCUT2D eigenvalue weighted by Gasteiger charge is -2.31. The van der Waals surface area contributed by atoms with Gasteiger partial charge < -0.3 is 10.2 Å². The number of fused-ring (bicyclic) bond motifs is 1. The van der Waals surface area contributed by atoms with E-state index in [0.717, 1.165) is 18.4 Å². The number of anilines is 1. The molecule has 0 saturated carbocycles. The first-order valence-electron chi connectivity index (χ1n) is 9.59. The van der Waals surface area contributed by atoms with Crippen LogP contribution in [0, 0.1) is 5.82 Å². The molecule has 0 aromatic heterocycles. The first kappa shape index (κ1) is 20.7. The number of para-hydroxylation sites is 1. The number of hydrogen-bond donors (Lipinski definition) is 1. The third-order valence-electron chi connectivity index (χ3n) is 5.24. The zero-order chi connectivity index (χ0) is 20.3. The van der Waals surface area contributed by atoms with E-state index >= 15 is 0 Å². The van der Waals surface area contributed by atoms with E-state index in [0.29, 0.717) is 25.2 Å². The summed E-state index contributed by atoms with van der Waals surface area (Å²) in [4.78, 5) is 28.2. The first-order chi connectivity index (χ1) is 13.3. The van der Waals surface area contributed by atoms with Crippen molar-refractivity contribution in [3.8, 4) is 0 Å². The van der Waals surface area contributed by atoms with Crippen LogP contribution in [0.3, 0.4) is 0 Å². The Morgan fingerprint density at radius 1 is 1.32 bits per heavy atom. The topological polar surface area (TPSA) is 86.8 Å². The van der Waals surface area contributed by atoms with E-state index in [4.69, 9.17) is 0 Å². The number of aryl methyl sites for hydroxylation is 1. The van der Waals surface area contributed by atoms with Crippen LogP contribution in [-0.2, 0) is 25.8 Å². The average Bonchev–Trinajstić information content (AvgIpc) is 2.99. The molecule has 0 bridgehead atoms. The van der Waals surface area contributed by atoms with Crippen LogP contribution in [0.15, 0.2) is 18.2 Å². The Morgan fingerprint density at radius 3 is 2.79 bits per heavy atom. The van der Waals surface area contributed by atoms with Gasteiger partial charge in [-0.2, -0.15) is 0 Å². The standard InChI is InChI=1S/C19H26FN3O4S/c1-2-22(11-17(24)21-15-8-10-28(26,27)13-15)12-18(25)23-9-4-6-14-5-3-7-16(20)19(14)23/h3,5,7,15H,2,4,6,8-13H2,1H3,(H,21,24)/t15-/m1/s1. The van der Waals surface area contributed by atoms with Gasteiger partial charge in [0.25, 0.3) is 0 Å². The Bertz CT molecular complexity index is 859. The van der Waals surface area contributed by atoms with E-state index in [1.54, 1.807) is 11.0 Å². The fourth-order valence-electron chi connectivity index (χ4n) is 3.79. The van der Waals surface area contributed by atoms with E-state index in [2.05, 4.69) is 5.32 Å². The Labute approximate surface area is 164 Å². The van der Waals surface area contributed by atoms with E-state index in [9.17, 15) is 22.4 Å². The van der Waals surface area contributed by atoms with Crippen molar-refractivity contribution in [3.63, 3.8) is 0 Å². The van der Waals surface area contributed by atoms with Crippen LogP contribution in [0.1, 0.15) is 25.3 Å². The number of nitrogens with zero attached hydrogens (tertiary/aromatic N) is 2. The largest absolute Gasteiger partial charge is 0.351 e. The second-order valence-electron chi connectivity index (χ2n) is 7.37. The Kier molecular flexibility index (Phi) is 6.34. The highest BCUT2D eigenvalue weighted by Gasteiger charge is 2.30. The maximum atomic E-state index is 14.3. The van der Waals surface area contributed by atoms with Crippen molar-refractivity contribution < 1.29 is 22.4 Å². The molecule has 1 saturated heterocycles. The lowest BCUT2D eigenvalue weighted by molar-refractivity contribution is -0.124. The van der Waals surface area contributed by atoms with Crippen LogP contribution < -0.4 is 10.2 Å². The quantitative estimate of drug-likeness (QED) is 0.746. The second-order valence-corrected chi connectivity index (χ2v) is 9.60. The SMILES string of the molecule is CCN(CC(=O)N[C@@H]1CCS(=O)(=O)C1)CC(=O)N1CCCc2cccc(F)c21. The Hall–Kier alpha value is -2.00. The lowest BCUT2D eigenvalue weighted by Crippen LogP contribution is -2.47. The van der Waals surface area contributed by atoms with Gasteiger partial charge >= 0.3 is 0 Å². The molecule has 28 heavy (non-hydrogen) atoms. The van der Waals surface area contributed by atoms with Crippen molar-refractivity contribution >= 4 is 27.3 Å². The summed E-state index contributed by atoms with van der Waals surface area (Å²) in [6.07, 6.45) is 1.93. The minimum atomic E-state index is -3.07. The molecule has 2 amide bonds. The molecule has 1 atom stereocenters. The highest BCUT2D eigenvalue weighted by molar-refractivity contribution is 7.91. The van der Waals surface area contributed by atoms with Gasteiger partial charge in [0.15, 0.2) is 9.84 Å². The summed E-state index contributed by atoms with van der Waals surface area (Å²) in [5, 5.41) is 2.73. The molecule has 2 aliphatic heterocycles. The number of sulfone groups is 1. The molecular formula is C19H26FN3O4S. The molecule has 0 spiro atoms. The zero-order valence-electron chi connectivity index (χ0n) is 16.0.